The topological polar surface area (TPSA) is 75.6 Å². The molecule has 0 atom stereocenters. The van der Waals surface area contributed by atoms with Crippen molar-refractivity contribution in [2.24, 2.45) is 0 Å². The molecule has 26 heavy (non-hydrogen) atoms. The second-order valence-electron chi connectivity index (χ2n) is 6.20. The van der Waals surface area contributed by atoms with Crippen molar-refractivity contribution in [2.75, 3.05) is 6.54 Å². The lowest BCUT2D eigenvalue weighted by atomic mass is 10.1. The molecule has 0 unspecified atom stereocenters. The summed E-state index contributed by atoms with van der Waals surface area (Å²) in [4.78, 5) is 17.4. The maximum Gasteiger partial charge on any atom is 0.253 e. The number of H-pyrrole nitrogens is 1. The molecule has 2 N–H and O–H groups in total. The minimum atomic E-state index is -0.124. The number of carbonyl (C=O) groups excluding carboxylic acids is 1. The molecule has 2 aromatic carbocycles. The van der Waals surface area contributed by atoms with Crippen molar-refractivity contribution in [1.82, 2.24) is 25.3 Å². The minimum absolute atomic E-state index is 0.124. The van der Waals surface area contributed by atoms with Gasteiger partial charge in [-0.1, -0.05) is 29.8 Å². The highest BCUT2D eigenvalue weighted by molar-refractivity contribution is 5.98. The number of para-hydroxylation sites is 1. The average molecular weight is 345 g/mol. The van der Waals surface area contributed by atoms with Gasteiger partial charge in [0.15, 0.2) is 0 Å². The summed E-state index contributed by atoms with van der Waals surface area (Å²) in [6.07, 6.45) is 5.95. The standard InChI is InChI=1S/C20H19N5O/c1-14-6-7-19(25-23-10-11-24-25)17(12-14)20(26)21-9-8-15-13-22-18-5-3-2-4-16(15)18/h2-7,10-13,22H,8-9H2,1H3,(H,21,26). The first-order valence-corrected chi connectivity index (χ1v) is 8.53. The summed E-state index contributed by atoms with van der Waals surface area (Å²) in [6.45, 7) is 2.52. The highest BCUT2D eigenvalue weighted by atomic mass is 16.1. The Morgan fingerprint density at radius 1 is 1.15 bits per heavy atom. The number of rotatable bonds is 5. The van der Waals surface area contributed by atoms with Crippen molar-refractivity contribution in [3.63, 3.8) is 0 Å². The number of nitrogens with zero attached hydrogens (tertiary/aromatic N) is 3. The van der Waals surface area contributed by atoms with Crippen LogP contribution < -0.4 is 5.32 Å². The molecule has 2 heterocycles. The van der Waals surface area contributed by atoms with Crippen LogP contribution in [0.15, 0.2) is 61.1 Å². The van der Waals surface area contributed by atoms with E-state index in [0.717, 1.165) is 17.5 Å². The summed E-state index contributed by atoms with van der Waals surface area (Å²) in [5, 5.41) is 12.5. The Balaban J connectivity index is 1.49. The van der Waals surface area contributed by atoms with Crippen molar-refractivity contribution in [3.8, 4) is 5.69 Å². The van der Waals surface area contributed by atoms with E-state index in [-0.39, 0.29) is 5.91 Å². The lowest BCUT2D eigenvalue weighted by molar-refractivity contribution is 0.0953. The third-order valence-electron chi connectivity index (χ3n) is 4.39. The molecule has 0 aliphatic carbocycles. The molecule has 0 bridgehead atoms. The van der Waals surface area contributed by atoms with Gasteiger partial charge in [-0.15, -0.1) is 0 Å². The van der Waals surface area contributed by atoms with Crippen LogP contribution in [-0.4, -0.2) is 32.4 Å². The van der Waals surface area contributed by atoms with Crippen molar-refractivity contribution in [3.05, 3.63) is 77.7 Å². The van der Waals surface area contributed by atoms with Gasteiger partial charge in [0.2, 0.25) is 0 Å². The summed E-state index contributed by atoms with van der Waals surface area (Å²) in [7, 11) is 0. The van der Waals surface area contributed by atoms with Crippen LogP contribution in [0.2, 0.25) is 0 Å². The molecule has 0 aliphatic rings. The van der Waals surface area contributed by atoms with Gasteiger partial charge in [-0.25, -0.2) is 0 Å². The molecule has 2 aromatic heterocycles. The number of benzene rings is 2. The van der Waals surface area contributed by atoms with Gasteiger partial charge in [-0.3, -0.25) is 4.79 Å². The molecule has 0 saturated heterocycles. The zero-order valence-corrected chi connectivity index (χ0v) is 14.4. The van der Waals surface area contributed by atoms with Crippen LogP contribution in [0.1, 0.15) is 21.5 Å². The van der Waals surface area contributed by atoms with Crippen molar-refractivity contribution < 1.29 is 4.79 Å². The Morgan fingerprint density at radius 2 is 1.96 bits per heavy atom. The molecule has 6 heteroatoms. The van der Waals surface area contributed by atoms with Crippen molar-refractivity contribution >= 4 is 16.8 Å². The summed E-state index contributed by atoms with van der Waals surface area (Å²) in [5.41, 5.74) is 4.56. The molecule has 0 spiro atoms. The van der Waals surface area contributed by atoms with Gasteiger partial charge in [0.05, 0.1) is 23.6 Å². The van der Waals surface area contributed by atoms with E-state index in [2.05, 4.69) is 26.6 Å². The minimum Gasteiger partial charge on any atom is -0.361 e. The first-order chi connectivity index (χ1) is 12.7. The van der Waals surface area contributed by atoms with E-state index in [1.165, 1.54) is 15.7 Å². The van der Waals surface area contributed by atoms with Gasteiger partial charge < -0.3 is 10.3 Å². The number of carbonyl (C=O) groups is 1. The van der Waals surface area contributed by atoms with Crippen LogP contribution in [0.4, 0.5) is 0 Å². The molecule has 0 aliphatic heterocycles. The Bertz CT molecular complexity index is 1050. The van der Waals surface area contributed by atoms with Gasteiger partial charge in [-0.05, 0) is 37.1 Å². The molecule has 4 rings (SSSR count). The predicted molar refractivity (Wildman–Crippen MR) is 100 cm³/mol. The van der Waals surface area contributed by atoms with Gasteiger partial charge in [-0.2, -0.15) is 15.0 Å². The summed E-state index contributed by atoms with van der Waals surface area (Å²) in [5.74, 6) is -0.124. The molecular formula is C20H19N5O. The smallest absolute Gasteiger partial charge is 0.253 e. The van der Waals surface area contributed by atoms with Crippen molar-refractivity contribution in [2.45, 2.75) is 13.3 Å². The van der Waals surface area contributed by atoms with Crippen LogP contribution in [0.25, 0.3) is 16.6 Å². The molecule has 1 amide bonds. The first kappa shape index (κ1) is 16.1. The predicted octanol–water partition coefficient (Wildman–Crippen LogP) is 3.03. The molecule has 4 aromatic rings. The van der Waals surface area contributed by atoms with E-state index in [0.29, 0.717) is 17.8 Å². The maximum absolute atomic E-state index is 12.7. The molecule has 0 fully saturated rings. The Hall–Kier alpha value is -3.41. The summed E-state index contributed by atoms with van der Waals surface area (Å²) >= 11 is 0. The zero-order chi connectivity index (χ0) is 17.9. The van der Waals surface area contributed by atoms with Gasteiger partial charge in [0.25, 0.3) is 5.91 Å². The quantitative estimate of drug-likeness (QED) is 0.584. The second kappa shape index (κ2) is 6.84. The SMILES string of the molecule is Cc1ccc(-n2nccn2)c(C(=O)NCCc2c[nH]c3ccccc23)c1. The zero-order valence-electron chi connectivity index (χ0n) is 14.4. The summed E-state index contributed by atoms with van der Waals surface area (Å²) in [6, 6.07) is 13.8. The second-order valence-corrected chi connectivity index (χ2v) is 6.20. The largest absolute Gasteiger partial charge is 0.361 e. The number of nitrogens with one attached hydrogen (secondary N) is 2. The van der Waals surface area contributed by atoms with Crippen LogP contribution in [-0.2, 0) is 6.42 Å². The van der Waals surface area contributed by atoms with Gasteiger partial charge >= 0.3 is 0 Å². The molecule has 130 valence electrons. The van der Waals surface area contributed by atoms with E-state index in [9.17, 15) is 4.79 Å². The number of aromatic nitrogens is 4. The van der Waals surface area contributed by atoms with Crippen molar-refractivity contribution in [1.29, 1.82) is 0 Å². The number of fused-ring (bicyclic) bond motifs is 1. The van der Waals surface area contributed by atoms with E-state index in [1.54, 1.807) is 12.4 Å². The number of aromatic amines is 1. The maximum atomic E-state index is 12.7. The van der Waals surface area contributed by atoms with E-state index in [4.69, 9.17) is 0 Å². The van der Waals surface area contributed by atoms with E-state index >= 15 is 0 Å². The normalized spacial score (nSPS) is 11.0. The third-order valence-corrected chi connectivity index (χ3v) is 4.39. The van der Waals surface area contributed by atoms with E-state index < -0.39 is 0 Å². The fraction of sp³-hybridized carbons (Fsp3) is 0.150. The monoisotopic (exact) mass is 345 g/mol. The molecule has 0 saturated carbocycles. The van der Waals surface area contributed by atoms with Crippen LogP contribution in [0.5, 0.6) is 0 Å². The molecule has 6 nitrogen and oxygen atoms in total. The number of amides is 1. The first-order valence-electron chi connectivity index (χ1n) is 8.53. The molecular weight excluding hydrogens is 326 g/mol. The lowest BCUT2D eigenvalue weighted by Crippen LogP contribution is -2.27. The van der Waals surface area contributed by atoms with Crippen LogP contribution in [0.3, 0.4) is 0 Å². The Kier molecular flexibility index (Phi) is 4.23. The fourth-order valence-corrected chi connectivity index (χ4v) is 3.09. The van der Waals surface area contributed by atoms with E-state index in [1.807, 2.05) is 49.5 Å². The Labute approximate surface area is 150 Å². The third kappa shape index (κ3) is 3.09. The fourth-order valence-electron chi connectivity index (χ4n) is 3.09. The van der Waals surface area contributed by atoms with Gasteiger partial charge in [0, 0.05) is 23.6 Å². The Morgan fingerprint density at radius 3 is 2.81 bits per heavy atom. The van der Waals surface area contributed by atoms with Gasteiger partial charge in [0.1, 0.15) is 0 Å². The highest BCUT2D eigenvalue weighted by Gasteiger charge is 2.14. The number of aryl methyl sites for hydroxylation is 1. The highest BCUT2D eigenvalue weighted by Crippen LogP contribution is 2.18. The lowest BCUT2D eigenvalue weighted by Gasteiger charge is -2.10. The number of hydrogen-bond acceptors (Lipinski definition) is 3. The average Bonchev–Trinajstić information content (AvgIpc) is 3.32. The van der Waals surface area contributed by atoms with Crippen LogP contribution >= 0.6 is 0 Å². The van der Waals surface area contributed by atoms with Crippen LogP contribution in [0, 0.1) is 6.92 Å². The summed E-state index contributed by atoms with van der Waals surface area (Å²) < 4.78 is 0. The number of hydrogen-bond donors (Lipinski definition) is 2. The molecule has 0 radical (unpaired) electrons.